The molecule has 7 nitrogen and oxygen atoms in total. The van der Waals surface area contributed by atoms with Crippen molar-refractivity contribution in [2.45, 2.75) is 52.7 Å². The first-order chi connectivity index (χ1) is 11.8. The molecule has 0 aliphatic carbocycles. The van der Waals surface area contributed by atoms with E-state index in [1.807, 2.05) is 6.92 Å². The van der Waals surface area contributed by atoms with E-state index < -0.39 is 24.0 Å². The van der Waals surface area contributed by atoms with E-state index in [1.54, 1.807) is 38.1 Å². The number of hydrogen-bond donors (Lipinski definition) is 2. The predicted molar refractivity (Wildman–Crippen MR) is 93.5 cm³/mol. The third kappa shape index (κ3) is 7.69. The summed E-state index contributed by atoms with van der Waals surface area (Å²) in [7, 11) is 0. The Bertz CT molecular complexity index is 584. The van der Waals surface area contributed by atoms with E-state index in [4.69, 9.17) is 9.47 Å². The highest BCUT2D eigenvalue weighted by molar-refractivity contribution is 5.96. The van der Waals surface area contributed by atoms with Crippen LogP contribution in [0.15, 0.2) is 24.3 Å². The van der Waals surface area contributed by atoms with Gasteiger partial charge in [-0.05, 0) is 51.5 Å². The van der Waals surface area contributed by atoms with Gasteiger partial charge in [-0.2, -0.15) is 0 Å². The third-order valence-electron chi connectivity index (χ3n) is 3.16. The van der Waals surface area contributed by atoms with Crippen molar-refractivity contribution in [3.05, 3.63) is 29.8 Å². The van der Waals surface area contributed by atoms with E-state index in [2.05, 4.69) is 10.6 Å². The van der Waals surface area contributed by atoms with Crippen molar-refractivity contribution in [3.8, 4) is 5.75 Å². The molecule has 0 saturated heterocycles. The number of benzene rings is 1. The summed E-state index contributed by atoms with van der Waals surface area (Å²) in [6.45, 7) is 7.52. The molecule has 3 amide bonds. The summed E-state index contributed by atoms with van der Waals surface area (Å²) < 4.78 is 10.6. The van der Waals surface area contributed by atoms with E-state index in [0.29, 0.717) is 17.9 Å². The molecule has 1 aromatic carbocycles. The molecule has 0 unspecified atom stereocenters. The fourth-order valence-corrected chi connectivity index (χ4v) is 1.83. The van der Waals surface area contributed by atoms with Crippen LogP contribution in [0.4, 0.5) is 4.79 Å². The Morgan fingerprint density at radius 2 is 1.72 bits per heavy atom. The average molecular weight is 350 g/mol. The summed E-state index contributed by atoms with van der Waals surface area (Å²) in [6.07, 6.45) is 0.916. The SMILES string of the molecule is CCCCOC(=O)c1ccc(O[C@H](C)C(=O)NC(=O)NC(C)C)cc1. The van der Waals surface area contributed by atoms with Crippen molar-refractivity contribution in [1.82, 2.24) is 10.6 Å². The zero-order valence-corrected chi connectivity index (χ0v) is 15.1. The number of imide groups is 1. The minimum atomic E-state index is -0.861. The molecular weight excluding hydrogens is 324 g/mol. The van der Waals surface area contributed by atoms with E-state index in [0.717, 1.165) is 12.8 Å². The second kappa shape index (κ2) is 10.3. The van der Waals surface area contributed by atoms with Gasteiger partial charge in [-0.25, -0.2) is 9.59 Å². The van der Waals surface area contributed by atoms with Crippen LogP contribution in [0.1, 0.15) is 50.9 Å². The predicted octanol–water partition coefficient (Wildman–Crippen LogP) is 2.65. The summed E-state index contributed by atoms with van der Waals surface area (Å²) in [6, 6.07) is 5.65. The van der Waals surface area contributed by atoms with Gasteiger partial charge in [0.15, 0.2) is 6.10 Å². The zero-order valence-electron chi connectivity index (χ0n) is 15.1. The van der Waals surface area contributed by atoms with Crippen molar-refractivity contribution >= 4 is 17.9 Å². The second-order valence-electron chi connectivity index (χ2n) is 5.89. The van der Waals surface area contributed by atoms with Crippen molar-refractivity contribution in [3.63, 3.8) is 0 Å². The Hall–Kier alpha value is -2.57. The topological polar surface area (TPSA) is 93.7 Å². The van der Waals surface area contributed by atoms with Crippen LogP contribution in [0.2, 0.25) is 0 Å². The largest absolute Gasteiger partial charge is 0.481 e. The first kappa shape index (κ1) is 20.5. The van der Waals surface area contributed by atoms with Crippen molar-refractivity contribution < 1.29 is 23.9 Å². The summed E-state index contributed by atoms with van der Waals surface area (Å²) in [5.41, 5.74) is 0.414. The van der Waals surface area contributed by atoms with Gasteiger partial charge in [-0.1, -0.05) is 13.3 Å². The fourth-order valence-electron chi connectivity index (χ4n) is 1.83. The van der Waals surface area contributed by atoms with E-state index in [-0.39, 0.29) is 6.04 Å². The normalized spacial score (nSPS) is 11.6. The van der Waals surface area contributed by atoms with Gasteiger partial charge >= 0.3 is 12.0 Å². The lowest BCUT2D eigenvalue weighted by Gasteiger charge is -2.15. The monoisotopic (exact) mass is 350 g/mol. The Labute approximate surface area is 148 Å². The maximum atomic E-state index is 11.9. The number of nitrogens with one attached hydrogen (secondary N) is 2. The number of unbranched alkanes of at least 4 members (excludes halogenated alkanes) is 1. The summed E-state index contributed by atoms with van der Waals surface area (Å²) in [4.78, 5) is 35.2. The van der Waals surface area contributed by atoms with Crippen LogP contribution in [0.5, 0.6) is 5.75 Å². The van der Waals surface area contributed by atoms with Crippen LogP contribution < -0.4 is 15.4 Å². The molecule has 0 saturated carbocycles. The van der Waals surface area contributed by atoms with Gasteiger partial charge in [0.2, 0.25) is 0 Å². The van der Waals surface area contributed by atoms with Crippen LogP contribution in [0.25, 0.3) is 0 Å². The molecule has 1 atom stereocenters. The molecule has 2 N–H and O–H groups in total. The number of hydrogen-bond acceptors (Lipinski definition) is 5. The Morgan fingerprint density at radius 3 is 2.28 bits per heavy atom. The first-order valence-electron chi connectivity index (χ1n) is 8.38. The lowest BCUT2D eigenvalue weighted by molar-refractivity contribution is -0.126. The molecule has 25 heavy (non-hydrogen) atoms. The number of urea groups is 1. The molecule has 1 rings (SSSR count). The zero-order chi connectivity index (χ0) is 18.8. The van der Waals surface area contributed by atoms with Crippen LogP contribution in [-0.2, 0) is 9.53 Å². The van der Waals surface area contributed by atoms with Gasteiger partial charge < -0.3 is 14.8 Å². The number of esters is 1. The van der Waals surface area contributed by atoms with Crippen LogP contribution in [0.3, 0.4) is 0 Å². The quantitative estimate of drug-likeness (QED) is 0.555. The molecular formula is C18H26N2O5. The minimum absolute atomic E-state index is 0.0753. The van der Waals surface area contributed by atoms with E-state index in [1.165, 1.54) is 6.92 Å². The van der Waals surface area contributed by atoms with E-state index >= 15 is 0 Å². The number of carbonyl (C=O) groups is 3. The van der Waals surface area contributed by atoms with E-state index in [9.17, 15) is 14.4 Å². The molecule has 0 aliphatic rings. The Morgan fingerprint density at radius 1 is 1.08 bits per heavy atom. The lowest BCUT2D eigenvalue weighted by Crippen LogP contribution is -2.46. The van der Waals surface area contributed by atoms with Gasteiger partial charge in [-0.15, -0.1) is 0 Å². The maximum absolute atomic E-state index is 11.9. The van der Waals surface area contributed by atoms with Gasteiger partial charge in [0, 0.05) is 6.04 Å². The van der Waals surface area contributed by atoms with Crippen LogP contribution in [0, 0.1) is 0 Å². The number of rotatable bonds is 8. The molecule has 0 spiro atoms. The molecule has 0 aliphatic heterocycles. The molecule has 0 aromatic heterocycles. The second-order valence-corrected chi connectivity index (χ2v) is 5.89. The van der Waals surface area contributed by atoms with Crippen molar-refractivity contribution in [1.29, 1.82) is 0 Å². The van der Waals surface area contributed by atoms with Gasteiger partial charge in [0.1, 0.15) is 5.75 Å². The lowest BCUT2D eigenvalue weighted by atomic mass is 10.2. The number of carbonyl (C=O) groups excluding carboxylic acids is 3. The molecule has 0 radical (unpaired) electrons. The molecule has 0 heterocycles. The number of ether oxygens (including phenoxy) is 2. The third-order valence-corrected chi connectivity index (χ3v) is 3.16. The van der Waals surface area contributed by atoms with Crippen molar-refractivity contribution in [2.75, 3.05) is 6.61 Å². The average Bonchev–Trinajstić information content (AvgIpc) is 2.54. The van der Waals surface area contributed by atoms with Crippen LogP contribution in [-0.4, -0.2) is 36.7 Å². The highest BCUT2D eigenvalue weighted by Crippen LogP contribution is 2.15. The standard InChI is InChI=1S/C18H26N2O5/c1-5-6-11-24-17(22)14-7-9-15(10-8-14)25-13(4)16(21)20-18(23)19-12(2)3/h7-10,12-13H,5-6,11H2,1-4H3,(H2,19,20,21,23)/t13-/m1/s1. The fraction of sp³-hybridized carbons (Fsp3) is 0.500. The van der Waals surface area contributed by atoms with Gasteiger partial charge in [0.05, 0.1) is 12.2 Å². The molecule has 1 aromatic rings. The molecule has 7 heteroatoms. The molecule has 0 fully saturated rings. The number of amides is 3. The van der Waals surface area contributed by atoms with Gasteiger partial charge in [0.25, 0.3) is 5.91 Å². The molecule has 138 valence electrons. The summed E-state index contributed by atoms with van der Waals surface area (Å²) in [5, 5.41) is 4.76. The summed E-state index contributed by atoms with van der Waals surface area (Å²) >= 11 is 0. The summed E-state index contributed by atoms with van der Waals surface area (Å²) in [5.74, 6) is -0.533. The highest BCUT2D eigenvalue weighted by Gasteiger charge is 2.18. The Kier molecular flexibility index (Phi) is 8.46. The minimum Gasteiger partial charge on any atom is -0.481 e. The maximum Gasteiger partial charge on any atom is 0.338 e. The highest BCUT2D eigenvalue weighted by atomic mass is 16.5. The van der Waals surface area contributed by atoms with Gasteiger partial charge in [-0.3, -0.25) is 10.1 Å². The smallest absolute Gasteiger partial charge is 0.338 e. The van der Waals surface area contributed by atoms with Crippen LogP contribution >= 0.6 is 0 Å². The first-order valence-corrected chi connectivity index (χ1v) is 8.38. The Balaban J connectivity index is 2.52. The molecule has 0 bridgehead atoms. The van der Waals surface area contributed by atoms with Crippen molar-refractivity contribution in [2.24, 2.45) is 0 Å².